The molecular weight excluding hydrogens is 256 g/mol. The molecule has 104 valence electrons. The fourth-order valence-electron chi connectivity index (χ4n) is 1.95. The Hall–Kier alpha value is -2.56. The molecule has 5 heteroatoms. The number of carboxylic acid groups (broad SMARTS) is 1. The van der Waals surface area contributed by atoms with Crippen LogP contribution in [0.1, 0.15) is 16.1 Å². The minimum Gasteiger partial charge on any atom is -0.496 e. The van der Waals surface area contributed by atoms with Crippen molar-refractivity contribution in [3.8, 4) is 5.75 Å². The van der Waals surface area contributed by atoms with Crippen molar-refractivity contribution >= 4 is 11.7 Å². The first kappa shape index (κ1) is 13.9. The zero-order valence-electron chi connectivity index (χ0n) is 11.4. The number of para-hydroxylation sites is 1. The van der Waals surface area contributed by atoms with Gasteiger partial charge in [-0.05, 0) is 18.2 Å². The van der Waals surface area contributed by atoms with Gasteiger partial charge in [0.05, 0.1) is 7.11 Å². The lowest BCUT2D eigenvalue weighted by Gasteiger charge is -2.20. The van der Waals surface area contributed by atoms with E-state index in [9.17, 15) is 4.79 Å². The molecule has 0 unspecified atom stereocenters. The van der Waals surface area contributed by atoms with Crippen molar-refractivity contribution in [2.24, 2.45) is 0 Å². The van der Waals surface area contributed by atoms with Gasteiger partial charge in [0.15, 0.2) is 0 Å². The Kier molecular flexibility index (Phi) is 4.20. The topological polar surface area (TPSA) is 62.7 Å². The summed E-state index contributed by atoms with van der Waals surface area (Å²) in [7, 11) is 3.53. The van der Waals surface area contributed by atoms with Crippen molar-refractivity contribution < 1.29 is 14.6 Å². The average molecular weight is 272 g/mol. The smallest absolute Gasteiger partial charge is 0.354 e. The summed E-state index contributed by atoms with van der Waals surface area (Å²) in [4.78, 5) is 16.7. The second kappa shape index (κ2) is 6.06. The van der Waals surface area contributed by atoms with Gasteiger partial charge in [0.2, 0.25) is 0 Å². The maximum Gasteiger partial charge on any atom is 0.354 e. The fourth-order valence-corrected chi connectivity index (χ4v) is 1.95. The largest absolute Gasteiger partial charge is 0.496 e. The molecule has 0 radical (unpaired) electrons. The molecule has 0 aliphatic rings. The second-order valence-electron chi connectivity index (χ2n) is 4.37. The Morgan fingerprint density at radius 3 is 2.80 bits per heavy atom. The lowest BCUT2D eigenvalue weighted by Crippen LogP contribution is -2.17. The molecule has 0 saturated carbocycles. The van der Waals surface area contributed by atoms with Crippen LogP contribution < -0.4 is 9.64 Å². The van der Waals surface area contributed by atoms with Crippen LogP contribution in [0, 0.1) is 0 Å². The number of carbonyl (C=O) groups is 1. The number of anilines is 1. The van der Waals surface area contributed by atoms with Crippen molar-refractivity contribution in [2.75, 3.05) is 19.1 Å². The number of aromatic nitrogens is 1. The lowest BCUT2D eigenvalue weighted by molar-refractivity contribution is 0.0690. The van der Waals surface area contributed by atoms with Crippen LogP contribution in [0.3, 0.4) is 0 Å². The van der Waals surface area contributed by atoms with Gasteiger partial charge in [-0.25, -0.2) is 9.78 Å². The van der Waals surface area contributed by atoms with Crippen molar-refractivity contribution in [3.63, 3.8) is 0 Å². The van der Waals surface area contributed by atoms with Gasteiger partial charge in [-0.3, -0.25) is 0 Å². The SMILES string of the molecule is COc1ccccc1CN(C)c1ccnc(C(=O)O)c1. The van der Waals surface area contributed by atoms with Crippen molar-refractivity contribution in [2.45, 2.75) is 6.54 Å². The molecule has 2 aromatic rings. The number of hydrogen-bond acceptors (Lipinski definition) is 4. The average Bonchev–Trinajstić information content (AvgIpc) is 2.48. The van der Waals surface area contributed by atoms with Crippen LogP contribution >= 0.6 is 0 Å². The standard InChI is InChI=1S/C15H16N2O3/c1-17(10-11-5-3-4-6-14(11)20-2)12-7-8-16-13(9-12)15(18)19/h3-9H,10H2,1-2H3,(H,18,19). The van der Waals surface area contributed by atoms with Crippen molar-refractivity contribution in [1.82, 2.24) is 4.98 Å². The summed E-state index contributed by atoms with van der Waals surface area (Å²) in [6.45, 7) is 0.618. The quantitative estimate of drug-likeness (QED) is 0.905. The second-order valence-corrected chi connectivity index (χ2v) is 4.37. The zero-order valence-corrected chi connectivity index (χ0v) is 11.4. The maximum absolute atomic E-state index is 10.9. The molecule has 1 heterocycles. The molecule has 0 aliphatic heterocycles. The molecule has 0 saturated heterocycles. The number of methoxy groups -OCH3 is 1. The predicted octanol–water partition coefficient (Wildman–Crippen LogP) is 2.42. The van der Waals surface area contributed by atoms with E-state index in [1.807, 2.05) is 36.2 Å². The van der Waals surface area contributed by atoms with Crippen LogP contribution in [0.4, 0.5) is 5.69 Å². The molecule has 20 heavy (non-hydrogen) atoms. The highest BCUT2D eigenvalue weighted by Crippen LogP contribution is 2.22. The molecule has 0 amide bonds. The van der Waals surface area contributed by atoms with Gasteiger partial charge < -0.3 is 14.7 Å². The summed E-state index contributed by atoms with van der Waals surface area (Å²) in [5.74, 6) is -0.218. The van der Waals surface area contributed by atoms with Crippen LogP contribution in [0.5, 0.6) is 5.75 Å². The van der Waals surface area contributed by atoms with E-state index in [2.05, 4.69) is 4.98 Å². The number of hydrogen-bond donors (Lipinski definition) is 1. The van der Waals surface area contributed by atoms with E-state index in [0.717, 1.165) is 17.0 Å². The number of benzene rings is 1. The summed E-state index contributed by atoms with van der Waals surface area (Å²) in [6, 6.07) is 11.1. The molecule has 0 aliphatic carbocycles. The number of nitrogens with zero attached hydrogens (tertiary/aromatic N) is 2. The third kappa shape index (κ3) is 3.06. The van der Waals surface area contributed by atoms with Crippen molar-refractivity contribution in [3.05, 3.63) is 53.9 Å². The van der Waals surface area contributed by atoms with E-state index in [4.69, 9.17) is 9.84 Å². The van der Waals surface area contributed by atoms with E-state index in [1.54, 1.807) is 19.2 Å². The lowest BCUT2D eigenvalue weighted by atomic mass is 10.2. The van der Waals surface area contributed by atoms with Crippen LogP contribution in [-0.4, -0.2) is 30.2 Å². The van der Waals surface area contributed by atoms with E-state index in [-0.39, 0.29) is 5.69 Å². The van der Waals surface area contributed by atoms with E-state index in [0.29, 0.717) is 6.54 Å². The first-order valence-corrected chi connectivity index (χ1v) is 6.14. The number of carboxylic acids is 1. The highest BCUT2D eigenvalue weighted by molar-refractivity contribution is 5.86. The van der Waals surface area contributed by atoms with Gasteiger partial charge in [-0.2, -0.15) is 0 Å². The Morgan fingerprint density at radius 2 is 2.10 bits per heavy atom. The van der Waals surface area contributed by atoms with Crippen LogP contribution in [-0.2, 0) is 6.54 Å². The minimum atomic E-state index is -1.03. The Labute approximate surface area is 117 Å². The van der Waals surface area contributed by atoms with Gasteiger partial charge in [-0.1, -0.05) is 18.2 Å². The van der Waals surface area contributed by atoms with E-state index >= 15 is 0 Å². The predicted molar refractivity (Wildman–Crippen MR) is 76.3 cm³/mol. The van der Waals surface area contributed by atoms with Crippen LogP contribution in [0.2, 0.25) is 0 Å². The molecule has 2 rings (SSSR count). The maximum atomic E-state index is 10.9. The summed E-state index contributed by atoms with van der Waals surface area (Å²) >= 11 is 0. The molecule has 0 spiro atoms. The Morgan fingerprint density at radius 1 is 1.35 bits per heavy atom. The molecule has 1 aromatic heterocycles. The summed E-state index contributed by atoms with van der Waals surface area (Å²) in [6.07, 6.45) is 1.50. The number of pyridine rings is 1. The minimum absolute atomic E-state index is 0.0365. The Bertz CT molecular complexity index is 614. The van der Waals surface area contributed by atoms with Crippen molar-refractivity contribution in [1.29, 1.82) is 0 Å². The van der Waals surface area contributed by atoms with Gasteiger partial charge in [0.25, 0.3) is 0 Å². The third-order valence-corrected chi connectivity index (χ3v) is 3.00. The summed E-state index contributed by atoms with van der Waals surface area (Å²) in [5.41, 5.74) is 1.86. The highest BCUT2D eigenvalue weighted by Gasteiger charge is 2.10. The molecule has 0 bridgehead atoms. The number of rotatable bonds is 5. The highest BCUT2D eigenvalue weighted by atomic mass is 16.5. The van der Waals surface area contributed by atoms with Crippen LogP contribution in [0.15, 0.2) is 42.6 Å². The molecule has 1 N–H and O–H groups in total. The first-order valence-electron chi connectivity index (χ1n) is 6.14. The van der Waals surface area contributed by atoms with Gasteiger partial charge in [-0.15, -0.1) is 0 Å². The molecule has 0 fully saturated rings. The molecule has 0 atom stereocenters. The Balaban J connectivity index is 2.21. The molecule has 1 aromatic carbocycles. The monoisotopic (exact) mass is 272 g/mol. The van der Waals surface area contributed by atoms with E-state index in [1.165, 1.54) is 6.20 Å². The number of aromatic carboxylic acids is 1. The number of ether oxygens (including phenoxy) is 1. The van der Waals surface area contributed by atoms with Crippen LogP contribution in [0.25, 0.3) is 0 Å². The van der Waals surface area contributed by atoms with Gasteiger partial charge in [0.1, 0.15) is 11.4 Å². The molecule has 5 nitrogen and oxygen atoms in total. The third-order valence-electron chi connectivity index (χ3n) is 3.00. The molecular formula is C15H16N2O3. The summed E-state index contributed by atoms with van der Waals surface area (Å²) in [5, 5.41) is 8.96. The normalized spacial score (nSPS) is 10.1. The summed E-state index contributed by atoms with van der Waals surface area (Å²) < 4.78 is 5.31. The van der Waals surface area contributed by atoms with Gasteiger partial charge >= 0.3 is 5.97 Å². The first-order chi connectivity index (χ1) is 9.61. The fraction of sp³-hybridized carbons (Fsp3) is 0.200. The zero-order chi connectivity index (χ0) is 14.5. The van der Waals surface area contributed by atoms with E-state index < -0.39 is 5.97 Å². The van der Waals surface area contributed by atoms with Gasteiger partial charge in [0, 0.05) is 31.0 Å².